The van der Waals surface area contributed by atoms with Gasteiger partial charge in [0, 0.05) is 31.0 Å². The zero-order chi connectivity index (χ0) is 17.6. The number of carbonyl (C=O) groups excluding carboxylic acids is 1. The highest BCUT2D eigenvalue weighted by Gasteiger charge is 2.49. The average molecular weight is 347 g/mol. The Kier molecular flexibility index (Phi) is 3.61. The van der Waals surface area contributed by atoms with Gasteiger partial charge >= 0.3 is 0 Å². The summed E-state index contributed by atoms with van der Waals surface area (Å²) < 4.78 is 11.1. The first-order valence-electron chi connectivity index (χ1n) is 9.15. The Morgan fingerprint density at radius 2 is 1.92 bits per heavy atom. The highest BCUT2D eigenvalue weighted by Crippen LogP contribution is 2.48. The van der Waals surface area contributed by atoms with Gasteiger partial charge in [0.1, 0.15) is 0 Å². The van der Waals surface area contributed by atoms with E-state index in [0.29, 0.717) is 6.42 Å². The molecule has 3 aliphatic rings. The molecule has 26 heavy (non-hydrogen) atoms. The third-order valence-corrected chi connectivity index (χ3v) is 5.95. The van der Waals surface area contributed by atoms with Crippen LogP contribution in [-0.4, -0.2) is 30.1 Å². The zero-order valence-electron chi connectivity index (χ0n) is 14.6. The second-order valence-electron chi connectivity index (χ2n) is 7.33. The maximum Gasteiger partial charge on any atom is 0.231 e. The van der Waals surface area contributed by atoms with Gasteiger partial charge in [0.25, 0.3) is 0 Å². The largest absolute Gasteiger partial charge is 0.454 e. The molecule has 0 spiro atoms. The van der Waals surface area contributed by atoms with Gasteiger partial charge in [-0.2, -0.15) is 0 Å². The van der Waals surface area contributed by atoms with Crippen molar-refractivity contribution in [2.75, 3.05) is 13.3 Å². The summed E-state index contributed by atoms with van der Waals surface area (Å²) in [4.78, 5) is 14.7. The monoisotopic (exact) mass is 347 g/mol. The lowest BCUT2D eigenvalue weighted by molar-refractivity contribution is -0.116. The van der Waals surface area contributed by atoms with Gasteiger partial charge in [-0.3, -0.25) is 9.69 Å². The van der Waals surface area contributed by atoms with Crippen molar-refractivity contribution in [3.63, 3.8) is 0 Å². The molecule has 1 saturated heterocycles. The molecule has 0 bridgehead atoms. The van der Waals surface area contributed by atoms with Crippen molar-refractivity contribution in [1.29, 1.82) is 0 Å². The van der Waals surface area contributed by atoms with E-state index in [1.807, 2.05) is 12.1 Å². The predicted octanol–water partition coefficient (Wildman–Crippen LogP) is 3.46. The Hall–Kier alpha value is -2.59. The third-order valence-electron chi connectivity index (χ3n) is 5.95. The summed E-state index contributed by atoms with van der Waals surface area (Å²) in [5.74, 6) is 1.82. The minimum absolute atomic E-state index is 0.135. The smallest absolute Gasteiger partial charge is 0.231 e. The Balaban J connectivity index is 1.52. The van der Waals surface area contributed by atoms with Crippen LogP contribution < -0.4 is 9.47 Å². The molecule has 2 atom stereocenters. The van der Waals surface area contributed by atoms with Gasteiger partial charge in [-0.15, -0.1) is 0 Å². The van der Waals surface area contributed by atoms with Crippen LogP contribution in [0.2, 0.25) is 0 Å². The summed E-state index contributed by atoms with van der Waals surface area (Å²) in [5, 5.41) is 0. The summed E-state index contributed by atoms with van der Waals surface area (Å²) >= 11 is 0. The van der Waals surface area contributed by atoms with Crippen LogP contribution in [-0.2, 0) is 16.8 Å². The molecule has 2 aromatic carbocycles. The molecule has 0 aromatic heterocycles. The van der Waals surface area contributed by atoms with E-state index in [1.54, 1.807) is 6.08 Å². The summed E-state index contributed by atoms with van der Waals surface area (Å²) in [5.41, 5.74) is 2.37. The molecule has 4 heteroatoms. The van der Waals surface area contributed by atoms with E-state index in [0.717, 1.165) is 31.0 Å². The van der Waals surface area contributed by atoms with Gasteiger partial charge in [-0.05, 0) is 35.8 Å². The van der Waals surface area contributed by atoms with E-state index in [-0.39, 0.29) is 24.0 Å². The molecule has 2 aliphatic heterocycles. The number of benzene rings is 2. The van der Waals surface area contributed by atoms with Crippen molar-refractivity contribution in [2.45, 2.75) is 30.8 Å². The first-order valence-corrected chi connectivity index (χ1v) is 9.15. The van der Waals surface area contributed by atoms with Crippen molar-refractivity contribution in [1.82, 2.24) is 4.90 Å². The molecule has 0 amide bonds. The number of allylic oxidation sites excluding steroid dienone is 1. The average Bonchev–Trinajstić information content (AvgIpc) is 3.28. The number of rotatable bonds is 3. The molecule has 0 saturated carbocycles. The number of nitrogens with zero attached hydrogens (tertiary/aromatic N) is 1. The van der Waals surface area contributed by atoms with Crippen LogP contribution in [0.15, 0.2) is 60.7 Å². The van der Waals surface area contributed by atoms with E-state index in [9.17, 15) is 4.79 Å². The number of carbonyl (C=O) groups is 1. The molecular weight excluding hydrogens is 326 g/mol. The number of hydrogen-bond donors (Lipinski definition) is 0. The fraction of sp³-hybridized carbons (Fsp3) is 0.318. The summed E-state index contributed by atoms with van der Waals surface area (Å²) in [6, 6.07) is 16.9. The fourth-order valence-corrected chi connectivity index (χ4v) is 4.61. The van der Waals surface area contributed by atoms with E-state index in [2.05, 4.69) is 47.4 Å². The summed E-state index contributed by atoms with van der Waals surface area (Å²) in [6.45, 7) is 2.13. The molecule has 4 nitrogen and oxygen atoms in total. The van der Waals surface area contributed by atoms with Crippen molar-refractivity contribution in [3.05, 3.63) is 71.8 Å². The standard InChI is InChI=1S/C22H21NO3/c24-18-8-9-22(17-6-7-19-20(12-17)26-15-25-19)10-11-23(21(22)13-18)14-16-4-2-1-3-5-16/h1-9,12,21H,10-11,13-15H2/t21-,22-/m1/s1. The second-order valence-corrected chi connectivity index (χ2v) is 7.33. The zero-order valence-corrected chi connectivity index (χ0v) is 14.6. The van der Waals surface area contributed by atoms with Crippen LogP contribution in [0.4, 0.5) is 0 Å². The van der Waals surface area contributed by atoms with Gasteiger partial charge < -0.3 is 9.47 Å². The molecule has 1 aliphatic carbocycles. The first kappa shape index (κ1) is 15.6. The minimum atomic E-state index is -0.135. The van der Waals surface area contributed by atoms with E-state index < -0.39 is 0 Å². The van der Waals surface area contributed by atoms with Crippen molar-refractivity contribution < 1.29 is 14.3 Å². The van der Waals surface area contributed by atoms with Crippen molar-refractivity contribution in [3.8, 4) is 11.5 Å². The molecule has 1 fully saturated rings. The summed E-state index contributed by atoms with van der Waals surface area (Å²) in [6.07, 6.45) is 5.48. The molecule has 0 N–H and O–H groups in total. The van der Waals surface area contributed by atoms with Crippen LogP contribution in [0.5, 0.6) is 11.5 Å². The molecule has 0 radical (unpaired) electrons. The number of hydrogen-bond acceptors (Lipinski definition) is 4. The van der Waals surface area contributed by atoms with E-state index in [1.165, 1.54) is 11.1 Å². The lowest BCUT2D eigenvalue weighted by atomic mass is 9.69. The number of fused-ring (bicyclic) bond motifs is 2. The highest BCUT2D eigenvalue weighted by atomic mass is 16.7. The molecule has 2 aromatic rings. The Bertz CT molecular complexity index is 876. The van der Waals surface area contributed by atoms with Gasteiger partial charge in [-0.1, -0.05) is 42.5 Å². The second kappa shape index (κ2) is 5.99. The third kappa shape index (κ3) is 2.44. The molecule has 132 valence electrons. The van der Waals surface area contributed by atoms with Crippen molar-refractivity contribution in [2.24, 2.45) is 0 Å². The summed E-state index contributed by atoms with van der Waals surface area (Å²) in [7, 11) is 0. The van der Waals surface area contributed by atoms with E-state index in [4.69, 9.17) is 9.47 Å². The van der Waals surface area contributed by atoms with Crippen LogP contribution in [0.1, 0.15) is 24.0 Å². The fourth-order valence-electron chi connectivity index (χ4n) is 4.61. The van der Waals surface area contributed by atoms with Gasteiger partial charge in [0.2, 0.25) is 6.79 Å². The van der Waals surface area contributed by atoms with Crippen LogP contribution in [0.25, 0.3) is 0 Å². The number of ether oxygens (including phenoxy) is 2. The van der Waals surface area contributed by atoms with Crippen molar-refractivity contribution >= 4 is 5.78 Å². The Labute approximate surface area is 153 Å². The molecular formula is C22H21NO3. The SMILES string of the molecule is O=C1C=C[C@]2(c3ccc4c(c3)OCO4)CCN(Cc3ccccc3)[C@@H]2C1. The van der Waals surface area contributed by atoms with Gasteiger partial charge in [0.05, 0.1) is 0 Å². The van der Waals surface area contributed by atoms with Crippen LogP contribution in [0.3, 0.4) is 0 Å². The Morgan fingerprint density at radius 3 is 2.81 bits per heavy atom. The maximum absolute atomic E-state index is 12.2. The first-order chi connectivity index (χ1) is 12.7. The number of ketones is 1. The van der Waals surface area contributed by atoms with Gasteiger partial charge in [0.15, 0.2) is 17.3 Å². The lowest BCUT2D eigenvalue weighted by Crippen LogP contribution is -2.44. The predicted molar refractivity (Wildman–Crippen MR) is 98.3 cm³/mol. The molecule has 0 unspecified atom stereocenters. The topological polar surface area (TPSA) is 38.8 Å². The van der Waals surface area contributed by atoms with Crippen LogP contribution >= 0.6 is 0 Å². The normalized spacial score (nSPS) is 26.9. The lowest BCUT2D eigenvalue weighted by Gasteiger charge is -2.38. The molecule has 5 rings (SSSR count). The molecule has 2 heterocycles. The quantitative estimate of drug-likeness (QED) is 0.852. The minimum Gasteiger partial charge on any atom is -0.454 e. The number of likely N-dealkylation sites (tertiary alicyclic amines) is 1. The highest BCUT2D eigenvalue weighted by molar-refractivity contribution is 5.92. The maximum atomic E-state index is 12.2. The Morgan fingerprint density at radius 1 is 1.08 bits per heavy atom. The van der Waals surface area contributed by atoms with E-state index >= 15 is 0 Å². The van der Waals surface area contributed by atoms with Gasteiger partial charge in [-0.25, -0.2) is 0 Å². The van der Waals surface area contributed by atoms with Crippen LogP contribution in [0, 0.1) is 0 Å².